The van der Waals surface area contributed by atoms with Crippen LogP contribution in [0.4, 0.5) is 9.52 Å². The number of aromatic nitrogens is 1. The third-order valence-electron chi connectivity index (χ3n) is 5.61. The van der Waals surface area contributed by atoms with Crippen LogP contribution in [0.25, 0.3) is 11.3 Å². The van der Waals surface area contributed by atoms with Crippen LogP contribution in [0.5, 0.6) is 0 Å². The number of benzene rings is 2. The van der Waals surface area contributed by atoms with Crippen molar-refractivity contribution in [2.75, 3.05) is 18.4 Å². The van der Waals surface area contributed by atoms with E-state index < -0.39 is 21.8 Å². The molecule has 0 aliphatic carbocycles. The number of anilines is 1. The van der Waals surface area contributed by atoms with Gasteiger partial charge in [0.15, 0.2) is 5.13 Å². The molecule has 32 heavy (non-hydrogen) atoms. The molecule has 3 aromatic rings. The standard InChI is InChI=1S/C23H24FN3O3S2/c1-15-5-6-16(2)20(12-15)21-14-31-23(25-21)26-22(28)17-4-3-11-27(13-17)32(29,30)19-9-7-18(24)8-10-19/h5-10,12,14,17H,3-4,11,13H2,1-2H3,(H,25,26,28). The number of rotatable bonds is 5. The van der Waals surface area contributed by atoms with Gasteiger partial charge in [0.1, 0.15) is 5.82 Å². The van der Waals surface area contributed by atoms with Crippen molar-refractivity contribution >= 4 is 32.4 Å². The van der Waals surface area contributed by atoms with Gasteiger partial charge in [-0.25, -0.2) is 17.8 Å². The molecule has 168 valence electrons. The number of nitrogens with zero attached hydrogens (tertiary/aromatic N) is 2. The summed E-state index contributed by atoms with van der Waals surface area (Å²) in [6.45, 7) is 4.45. The molecule has 9 heteroatoms. The monoisotopic (exact) mass is 473 g/mol. The molecule has 0 spiro atoms. The summed E-state index contributed by atoms with van der Waals surface area (Å²) in [6.07, 6.45) is 1.17. The Kier molecular flexibility index (Phi) is 6.41. The van der Waals surface area contributed by atoms with Gasteiger partial charge in [-0.1, -0.05) is 17.7 Å². The first kappa shape index (κ1) is 22.6. The molecule has 1 aliphatic heterocycles. The fourth-order valence-corrected chi connectivity index (χ4v) is 6.04. The minimum Gasteiger partial charge on any atom is -0.302 e. The van der Waals surface area contributed by atoms with E-state index in [1.165, 1.54) is 27.8 Å². The molecule has 1 aromatic heterocycles. The number of sulfonamides is 1. The zero-order valence-corrected chi connectivity index (χ0v) is 19.5. The molecule has 2 heterocycles. The van der Waals surface area contributed by atoms with Gasteiger partial charge in [0.05, 0.1) is 16.5 Å². The van der Waals surface area contributed by atoms with Crippen LogP contribution in [0.1, 0.15) is 24.0 Å². The summed E-state index contributed by atoms with van der Waals surface area (Å²) in [6, 6.07) is 10.9. The predicted molar refractivity (Wildman–Crippen MR) is 124 cm³/mol. The van der Waals surface area contributed by atoms with E-state index in [2.05, 4.69) is 16.4 Å². The summed E-state index contributed by atoms with van der Waals surface area (Å²) >= 11 is 1.35. The highest BCUT2D eigenvalue weighted by Gasteiger charge is 2.33. The summed E-state index contributed by atoms with van der Waals surface area (Å²) in [5.41, 5.74) is 4.06. The lowest BCUT2D eigenvalue weighted by Crippen LogP contribution is -2.43. The SMILES string of the molecule is Cc1ccc(C)c(-c2csc(NC(=O)C3CCCN(S(=O)(=O)c4ccc(F)cc4)C3)n2)c1. The second-order valence-electron chi connectivity index (χ2n) is 8.00. The Hall–Kier alpha value is -2.62. The Morgan fingerprint density at radius 1 is 1.19 bits per heavy atom. The van der Waals surface area contributed by atoms with Crippen molar-refractivity contribution in [3.8, 4) is 11.3 Å². The predicted octanol–water partition coefficient (Wildman–Crippen LogP) is 4.61. The van der Waals surface area contributed by atoms with Gasteiger partial charge in [0.25, 0.3) is 0 Å². The van der Waals surface area contributed by atoms with Crippen molar-refractivity contribution in [3.63, 3.8) is 0 Å². The van der Waals surface area contributed by atoms with Gasteiger partial charge in [-0.15, -0.1) is 11.3 Å². The van der Waals surface area contributed by atoms with Gasteiger partial charge in [-0.05, 0) is 62.6 Å². The highest BCUT2D eigenvalue weighted by molar-refractivity contribution is 7.89. The molecule has 1 saturated heterocycles. The number of hydrogen-bond donors (Lipinski definition) is 1. The van der Waals surface area contributed by atoms with Gasteiger partial charge < -0.3 is 5.32 Å². The van der Waals surface area contributed by atoms with Crippen LogP contribution < -0.4 is 5.32 Å². The smallest absolute Gasteiger partial charge is 0.243 e. The Morgan fingerprint density at radius 3 is 2.69 bits per heavy atom. The Bertz CT molecular complexity index is 1240. The maximum atomic E-state index is 13.2. The average Bonchev–Trinajstić information content (AvgIpc) is 3.24. The molecule has 1 unspecified atom stereocenters. The Morgan fingerprint density at radius 2 is 1.94 bits per heavy atom. The number of carbonyl (C=O) groups excluding carboxylic acids is 1. The first-order valence-corrected chi connectivity index (χ1v) is 12.7. The number of halogens is 1. The number of carbonyl (C=O) groups is 1. The van der Waals surface area contributed by atoms with Crippen LogP contribution >= 0.6 is 11.3 Å². The molecule has 1 atom stereocenters. The minimum absolute atomic E-state index is 0.0260. The molecule has 0 radical (unpaired) electrons. The topological polar surface area (TPSA) is 79.4 Å². The Balaban J connectivity index is 1.46. The molecular formula is C23H24FN3O3S2. The second-order valence-corrected chi connectivity index (χ2v) is 10.8. The number of hydrogen-bond acceptors (Lipinski definition) is 5. The van der Waals surface area contributed by atoms with E-state index in [1.807, 2.05) is 31.4 Å². The first-order valence-electron chi connectivity index (χ1n) is 10.3. The third kappa shape index (κ3) is 4.74. The van der Waals surface area contributed by atoms with E-state index in [1.54, 1.807) is 0 Å². The summed E-state index contributed by atoms with van der Waals surface area (Å²) in [5.74, 6) is -1.22. The molecule has 1 N–H and O–H groups in total. The van der Waals surface area contributed by atoms with Gasteiger partial charge in [-0.3, -0.25) is 4.79 Å². The van der Waals surface area contributed by atoms with Crippen LogP contribution in [-0.4, -0.2) is 36.7 Å². The van der Waals surface area contributed by atoms with Gasteiger partial charge in [-0.2, -0.15) is 4.31 Å². The lowest BCUT2D eigenvalue weighted by molar-refractivity contribution is -0.120. The summed E-state index contributed by atoms with van der Waals surface area (Å²) in [4.78, 5) is 17.5. The van der Waals surface area contributed by atoms with Gasteiger partial charge in [0, 0.05) is 24.0 Å². The molecule has 1 amide bonds. The summed E-state index contributed by atoms with van der Waals surface area (Å²) in [5, 5.41) is 5.25. The highest BCUT2D eigenvalue weighted by Crippen LogP contribution is 2.30. The normalized spacial score (nSPS) is 17.3. The maximum absolute atomic E-state index is 13.2. The van der Waals surface area contributed by atoms with Crippen molar-refractivity contribution in [2.45, 2.75) is 31.6 Å². The van der Waals surface area contributed by atoms with Crippen LogP contribution in [0.2, 0.25) is 0 Å². The van der Waals surface area contributed by atoms with Crippen molar-refractivity contribution in [1.29, 1.82) is 0 Å². The van der Waals surface area contributed by atoms with E-state index >= 15 is 0 Å². The van der Waals surface area contributed by atoms with Crippen molar-refractivity contribution < 1.29 is 17.6 Å². The largest absolute Gasteiger partial charge is 0.302 e. The molecule has 4 rings (SSSR count). The van der Waals surface area contributed by atoms with Crippen LogP contribution in [0, 0.1) is 25.6 Å². The summed E-state index contributed by atoms with van der Waals surface area (Å²) < 4.78 is 40.3. The first-order chi connectivity index (χ1) is 15.2. The number of piperidine rings is 1. The van der Waals surface area contributed by atoms with Gasteiger partial charge >= 0.3 is 0 Å². The van der Waals surface area contributed by atoms with Crippen molar-refractivity contribution in [1.82, 2.24) is 9.29 Å². The molecule has 6 nitrogen and oxygen atoms in total. The Labute approximate surface area is 191 Å². The third-order valence-corrected chi connectivity index (χ3v) is 8.25. The second kappa shape index (κ2) is 9.09. The minimum atomic E-state index is -3.79. The van der Waals surface area contributed by atoms with Crippen LogP contribution in [0.3, 0.4) is 0 Å². The van der Waals surface area contributed by atoms with Crippen LogP contribution in [-0.2, 0) is 14.8 Å². The molecule has 1 fully saturated rings. The van der Waals surface area contributed by atoms with Crippen LogP contribution in [0.15, 0.2) is 52.7 Å². The number of nitrogens with one attached hydrogen (secondary N) is 1. The zero-order valence-electron chi connectivity index (χ0n) is 17.8. The highest BCUT2D eigenvalue weighted by atomic mass is 32.2. The zero-order chi connectivity index (χ0) is 22.9. The van der Waals surface area contributed by atoms with Crippen molar-refractivity contribution in [3.05, 3.63) is 64.8 Å². The van der Waals surface area contributed by atoms with Gasteiger partial charge in [0.2, 0.25) is 15.9 Å². The lowest BCUT2D eigenvalue weighted by Gasteiger charge is -2.31. The maximum Gasteiger partial charge on any atom is 0.243 e. The molecule has 0 saturated carbocycles. The average molecular weight is 474 g/mol. The van der Waals surface area contributed by atoms with E-state index in [0.29, 0.717) is 24.5 Å². The van der Waals surface area contributed by atoms with E-state index in [0.717, 1.165) is 34.5 Å². The lowest BCUT2D eigenvalue weighted by atomic mass is 9.99. The quantitative estimate of drug-likeness (QED) is 0.587. The van der Waals surface area contributed by atoms with E-state index in [4.69, 9.17) is 0 Å². The molecular weight excluding hydrogens is 449 g/mol. The van der Waals surface area contributed by atoms with E-state index in [-0.39, 0.29) is 17.3 Å². The number of amides is 1. The summed E-state index contributed by atoms with van der Waals surface area (Å²) in [7, 11) is -3.79. The number of thiazole rings is 1. The van der Waals surface area contributed by atoms with Crippen molar-refractivity contribution in [2.24, 2.45) is 5.92 Å². The molecule has 0 bridgehead atoms. The van der Waals surface area contributed by atoms with E-state index in [9.17, 15) is 17.6 Å². The fraction of sp³-hybridized carbons (Fsp3) is 0.304. The molecule has 2 aromatic carbocycles. The fourth-order valence-electron chi connectivity index (χ4n) is 3.80. The number of aryl methyl sites for hydroxylation is 2. The molecule has 1 aliphatic rings.